The Morgan fingerprint density at radius 1 is 1.31 bits per heavy atom. The molecular weight excluding hydrogens is 204 g/mol. The molecule has 0 bridgehead atoms. The average molecular weight is 222 g/mol. The second kappa shape index (κ2) is 5.07. The highest BCUT2D eigenvalue weighted by Gasteiger charge is 2.14. The molecule has 0 atom stereocenters. The number of ether oxygens (including phenoxy) is 2. The van der Waals surface area contributed by atoms with Crippen molar-refractivity contribution in [1.29, 1.82) is 0 Å². The lowest BCUT2D eigenvalue weighted by atomic mass is 10.2. The number of benzene rings is 1. The molecule has 0 saturated heterocycles. The summed E-state index contributed by atoms with van der Waals surface area (Å²) >= 11 is 0. The third-order valence-corrected chi connectivity index (χ3v) is 2.67. The van der Waals surface area contributed by atoms with E-state index in [2.05, 4.69) is 30.3 Å². The molecule has 16 heavy (non-hydrogen) atoms. The maximum atomic E-state index is 5.35. The summed E-state index contributed by atoms with van der Waals surface area (Å²) in [6.45, 7) is 5.42. The number of hydrogen-bond acceptors (Lipinski definition) is 4. The van der Waals surface area contributed by atoms with Crippen LogP contribution in [0.1, 0.15) is 6.92 Å². The molecule has 4 heteroatoms. The molecule has 1 aliphatic rings. The van der Waals surface area contributed by atoms with E-state index < -0.39 is 0 Å². The second-order valence-electron chi connectivity index (χ2n) is 3.81. The summed E-state index contributed by atoms with van der Waals surface area (Å²) in [6.07, 6.45) is 0. The fraction of sp³-hybridized carbons (Fsp3) is 0.500. The smallest absolute Gasteiger partial charge is 0.231 e. The van der Waals surface area contributed by atoms with Crippen molar-refractivity contribution in [2.45, 2.75) is 6.92 Å². The maximum absolute atomic E-state index is 5.35. The van der Waals surface area contributed by atoms with Gasteiger partial charge in [-0.3, -0.25) is 0 Å². The molecule has 0 spiro atoms. The van der Waals surface area contributed by atoms with Crippen LogP contribution >= 0.6 is 0 Å². The van der Waals surface area contributed by atoms with E-state index >= 15 is 0 Å². The topological polar surface area (TPSA) is 33.7 Å². The Morgan fingerprint density at radius 2 is 2.12 bits per heavy atom. The van der Waals surface area contributed by atoms with Gasteiger partial charge in [0.05, 0.1) is 0 Å². The van der Waals surface area contributed by atoms with Gasteiger partial charge in [0, 0.05) is 31.9 Å². The highest BCUT2D eigenvalue weighted by atomic mass is 16.7. The molecular formula is C12H18N2O2. The van der Waals surface area contributed by atoms with Gasteiger partial charge >= 0.3 is 0 Å². The lowest BCUT2D eigenvalue weighted by Crippen LogP contribution is -2.28. The van der Waals surface area contributed by atoms with Crippen molar-refractivity contribution in [1.82, 2.24) is 5.32 Å². The van der Waals surface area contributed by atoms with Crippen molar-refractivity contribution in [3.05, 3.63) is 18.2 Å². The van der Waals surface area contributed by atoms with Crippen molar-refractivity contribution in [2.75, 3.05) is 38.4 Å². The summed E-state index contributed by atoms with van der Waals surface area (Å²) < 4.78 is 10.6. The van der Waals surface area contributed by atoms with E-state index in [4.69, 9.17) is 9.47 Å². The molecule has 4 nitrogen and oxygen atoms in total. The lowest BCUT2D eigenvalue weighted by molar-refractivity contribution is 0.174. The van der Waals surface area contributed by atoms with Crippen LogP contribution in [0.2, 0.25) is 0 Å². The van der Waals surface area contributed by atoms with Crippen LogP contribution in [-0.2, 0) is 0 Å². The van der Waals surface area contributed by atoms with Crippen LogP contribution in [0.5, 0.6) is 11.5 Å². The molecule has 1 N–H and O–H groups in total. The lowest BCUT2D eigenvalue weighted by Gasteiger charge is -2.19. The molecule has 1 aromatic carbocycles. The minimum Gasteiger partial charge on any atom is -0.454 e. The Balaban J connectivity index is 1.98. The predicted molar refractivity (Wildman–Crippen MR) is 64.4 cm³/mol. The largest absolute Gasteiger partial charge is 0.454 e. The van der Waals surface area contributed by atoms with E-state index in [0.717, 1.165) is 36.8 Å². The molecule has 0 amide bonds. The third kappa shape index (κ3) is 2.39. The number of rotatable bonds is 5. The predicted octanol–water partition coefficient (Wildman–Crippen LogP) is 1.46. The Hall–Kier alpha value is -1.42. The van der Waals surface area contributed by atoms with E-state index in [-0.39, 0.29) is 0 Å². The monoisotopic (exact) mass is 222 g/mol. The minimum absolute atomic E-state index is 0.333. The molecule has 0 unspecified atom stereocenters. The minimum atomic E-state index is 0.333. The van der Waals surface area contributed by atoms with E-state index in [9.17, 15) is 0 Å². The summed E-state index contributed by atoms with van der Waals surface area (Å²) in [7, 11) is 2.08. The standard InChI is InChI=1S/C12H18N2O2/c1-3-13-6-7-14(2)10-4-5-11-12(8-10)16-9-15-11/h4-5,8,13H,3,6-7,9H2,1-2H3. The second-order valence-corrected chi connectivity index (χ2v) is 3.81. The van der Waals surface area contributed by atoms with E-state index in [1.165, 1.54) is 0 Å². The van der Waals surface area contributed by atoms with Gasteiger partial charge < -0.3 is 19.7 Å². The molecule has 1 aliphatic heterocycles. The Kier molecular flexibility index (Phi) is 3.51. The molecule has 2 rings (SSSR count). The van der Waals surface area contributed by atoms with E-state index in [1.807, 2.05) is 12.1 Å². The van der Waals surface area contributed by atoms with Gasteiger partial charge in [0.1, 0.15) is 0 Å². The first-order chi connectivity index (χ1) is 7.81. The molecule has 0 aliphatic carbocycles. The highest BCUT2D eigenvalue weighted by molar-refractivity contribution is 5.56. The third-order valence-electron chi connectivity index (χ3n) is 2.67. The number of fused-ring (bicyclic) bond motifs is 1. The van der Waals surface area contributed by atoms with Crippen LogP contribution in [0.25, 0.3) is 0 Å². The quantitative estimate of drug-likeness (QED) is 0.765. The fourth-order valence-electron chi connectivity index (χ4n) is 1.68. The highest BCUT2D eigenvalue weighted by Crippen LogP contribution is 2.34. The van der Waals surface area contributed by atoms with Gasteiger partial charge in [0.15, 0.2) is 11.5 Å². The maximum Gasteiger partial charge on any atom is 0.231 e. The van der Waals surface area contributed by atoms with Crippen molar-refractivity contribution in [2.24, 2.45) is 0 Å². The zero-order valence-corrected chi connectivity index (χ0v) is 9.82. The van der Waals surface area contributed by atoms with Gasteiger partial charge in [-0.1, -0.05) is 6.92 Å². The van der Waals surface area contributed by atoms with Crippen LogP contribution in [-0.4, -0.2) is 33.5 Å². The first kappa shape index (κ1) is 11.1. The SMILES string of the molecule is CCNCCN(C)c1ccc2c(c1)OCO2. The summed E-state index contributed by atoms with van der Waals surface area (Å²) in [5, 5.41) is 3.30. The molecule has 88 valence electrons. The number of hydrogen-bond donors (Lipinski definition) is 1. The van der Waals surface area contributed by atoms with Gasteiger partial charge in [-0.05, 0) is 18.7 Å². The first-order valence-electron chi connectivity index (χ1n) is 5.62. The van der Waals surface area contributed by atoms with Crippen molar-refractivity contribution < 1.29 is 9.47 Å². The molecule has 1 aromatic rings. The van der Waals surface area contributed by atoms with Crippen molar-refractivity contribution in [3.63, 3.8) is 0 Å². The summed E-state index contributed by atoms with van der Waals surface area (Å²) in [6, 6.07) is 6.04. The van der Waals surface area contributed by atoms with Crippen LogP contribution in [0, 0.1) is 0 Å². The number of nitrogens with zero attached hydrogens (tertiary/aromatic N) is 1. The fourth-order valence-corrected chi connectivity index (χ4v) is 1.68. The average Bonchev–Trinajstić information content (AvgIpc) is 2.76. The zero-order chi connectivity index (χ0) is 11.4. The van der Waals surface area contributed by atoms with Crippen LogP contribution in [0.3, 0.4) is 0 Å². The molecule has 0 radical (unpaired) electrons. The van der Waals surface area contributed by atoms with Crippen molar-refractivity contribution in [3.8, 4) is 11.5 Å². The summed E-state index contributed by atoms with van der Waals surface area (Å²) in [5.74, 6) is 1.68. The molecule has 0 aromatic heterocycles. The zero-order valence-electron chi connectivity index (χ0n) is 9.82. The summed E-state index contributed by atoms with van der Waals surface area (Å²) in [5.41, 5.74) is 1.15. The Labute approximate surface area is 96.2 Å². The van der Waals surface area contributed by atoms with Gasteiger partial charge in [-0.15, -0.1) is 0 Å². The van der Waals surface area contributed by atoms with Crippen LogP contribution in [0.4, 0.5) is 5.69 Å². The first-order valence-corrected chi connectivity index (χ1v) is 5.62. The van der Waals surface area contributed by atoms with E-state index in [0.29, 0.717) is 6.79 Å². The van der Waals surface area contributed by atoms with Crippen LogP contribution < -0.4 is 19.7 Å². The number of nitrogens with one attached hydrogen (secondary N) is 1. The van der Waals surface area contributed by atoms with Crippen LogP contribution in [0.15, 0.2) is 18.2 Å². The molecule has 1 heterocycles. The Morgan fingerprint density at radius 3 is 2.94 bits per heavy atom. The van der Waals surface area contributed by atoms with Gasteiger partial charge in [0.25, 0.3) is 0 Å². The molecule has 0 saturated carbocycles. The van der Waals surface area contributed by atoms with Gasteiger partial charge in [-0.25, -0.2) is 0 Å². The number of anilines is 1. The van der Waals surface area contributed by atoms with E-state index in [1.54, 1.807) is 0 Å². The van der Waals surface area contributed by atoms with Gasteiger partial charge in [-0.2, -0.15) is 0 Å². The van der Waals surface area contributed by atoms with Gasteiger partial charge in [0.2, 0.25) is 6.79 Å². The normalized spacial score (nSPS) is 12.9. The number of likely N-dealkylation sites (N-methyl/N-ethyl adjacent to an activating group) is 2. The summed E-state index contributed by atoms with van der Waals surface area (Å²) in [4.78, 5) is 2.20. The van der Waals surface area contributed by atoms with Crippen molar-refractivity contribution >= 4 is 5.69 Å². The Bertz CT molecular complexity index is 355. The molecule has 0 fully saturated rings.